The fourth-order valence-electron chi connectivity index (χ4n) is 1.80. The van der Waals surface area contributed by atoms with E-state index in [4.69, 9.17) is 0 Å². The quantitative estimate of drug-likeness (QED) is 0.664. The third-order valence-electron chi connectivity index (χ3n) is 2.82. The van der Waals surface area contributed by atoms with Crippen LogP contribution in [0.15, 0.2) is 0 Å². The monoisotopic (exact) mass is 185 g/mol. The van der Waals surface area contributed by atoms with Crippen LogP contribution in [0, 0.1) is 0 Å². The van der Waals surface area contributed by atoms with Crippen molar-refractivity contribution in [3.8, 4) is 0 Å². The van der Waals surface area contributed by atoms with Crippen LogP contribution in [-0.4, -0.2) is 62.7 Å². The molecule has 0 saturated carbocycles. The van der Waals surface area contributed by atoms with Gasteiger partial charge in [-0.15, -0.1) is 0 Å². The highest BCUT2D eigenvalue weighted by molar-refractivity contribution is 4.80. The summed E-state index contributed by atoms with van der Waals surface area (Å²) in [4.78, 5) is 4.73. The van der Waals surface area contributed by atoms with Crippen molar-refractivity contribution in [2.24, 2.45) is 0 Å². The van der Waals surface area contributed by atoms with Gasteiger partial charge in [-0.2, -0.15) is 0 Å². The Balaban J connectivity index is 2.42. The van der Waals surface area contributed by atoms with Crippen molar-refractivity contribution < 1.29 is 0 Å². The molecule has 0 amide bonds. The largest absolute Gasteiger partial charge is 0.313 e. The first-order chi connectivity index (χ1) is 6.09. The van der Waals surface area contributed by atoms with E-state index in [0.717, 1.165) is 13.1 Å². The average molecular weight is 185 g/mol. The number of nitrogens with zero attached hydrogens (tertiary/aromatic N) is 2. The first-order valence-corrected chi connectivity index (χ1v) is 5.18. The van der Waals surface area contributed by atoms with Crippen LogP contribution in [0.25, 0.3) is 0 Å². The van der Waals surface area contributed by atoms with Crippen LogP contribution in [0.4, 0.5) is 0 Å². The van der Waals surface area contributed by atoms with E-state index in [-0.39, 0.29) is 0 Å². The molecule has 0 radical (unpaired) electrons. The predicted molar refractivity (Wildman–Crippen MR) is 57.1 cm³/mol. The Bertz CT molecular complexity index is 147. The molecule has 1 saturated heterocycles. The third-order valence-corrected chi connectivity index (χ3v) is 2.82. The number of likely N-dealkylation sites (N-methyl/N-ethyl adjacent to an activating group) is 2. The summed E-state index contributed by atoms with van der Waals surface area (Å²) in [5, 5.41) is 3.56. The second-order valence-corrected chi connectivity index (χ2v) is 4.49. The summed E-state index contributed by atoms with van der Waals surface area (Å²) in [7, 11) is 6.51. The van der Waals surface area contributed by atoms with Gasteiger partial charge in [0.05, 0.1) is 0 Å². The van der Waals surface area contributed by atoms with Crippen molar-refractivity contribution in [2.75, 3.05) is 40.8 Å². The van der Waals surface area contributed by atoms with Gasteiger partial charge in [0.1, 0.15) is 0 Å². The molecule has 1 aliphatic heterocycles. The summed E-state index contributed by atoms with van der Waals surface area (Å²) in [6.45, 7) is 5.75. The molecule has 0 bridgehead atoms. The Morgan fingerprint density at radius 1 is 1.46 bits per heavy atom. The van der Waals surface area contributed by atoms with Crippen LogP contribution in [-0.2, 0) is 0 Å². The van der Waals surface area contributed by atoms with Gasteiger partial charge in [0, 0.05) is 25.2 Å². The zero-order valence-electron chi connectivity index (χ0n) is 9.38. The van der Waals surface area contributed by atoms with Gasteiger partial charge in [0.25, 0.3) is 0 Å². The summed E-state index contributed by atoms with van der Waals surface area (Å²) in [5.41, 5.74) is 0. The molecular formula is C10H23N3. The lowest BCUT2D eigenvalue weighted by atomic mass is 10.2. The number of rotatable bonds is 2. The topological polar surface area (TPSA) is 18.5 Å². The van der Waals surface area contributed by atoms with Gasteiger partial charge in [0.2, 0.25) is 0 Å². The van der Waals surface area contributed by atoms with Crippen molar-refractivity contribution >= 4 is 0 Å². The minimum Gasteiger partial charge on any atom is -0.313 e. The van der Waals surface area contributed by atoms with Crippen molar-refractivity contribution in [1.82, 2.24) is 15.1 Å². The van der Waals surface area contributed by atoms with E-state index in [1.165, 1.54) is 13.0 Å². The Hall–Kier alpha value is -0.120. The van der Waals surface area contributed by atoms with E-state index in [0.29, 0.717) is 12.1 Å². The maximum Gasteiger partial charge on any atom is 0.0344 e. The van der Waals surface area contributed by atoms with Crippen LogP contribution in [0.3, 0.4) is 0 Å². The maximum atomic E-state index is 3.56. The van der Waals surface area contributed by atoms with Crippen LogP contribution in [0.2, 0.25) is 0 Å². The maximum absolute atomic E-state index is 3.56. The Morgan fingerprint density at radius 3 is 2.77 bits per heavy atom. The third kappa shape index (κ3) is 3.63. The van der Waals surface area contributed by atoms with E-state index < -0.39 is 0 Å². The Morgan fingerprint density at radius 2 is 2.15 bits per heavy atom. The molecule has 1 heterocycles. The molecule has 0 aromatic rings. The molecule has 13 heavy (non-hydrogen) atoms. The van der Waals surface area contributed by atoms with Crippen molar-refractivity contribution in [1.29, 1.82) is 0 Å². The first kappa shape index (κ1) is 11.0. The van der Waals surface area contributed by atoms with Crippen molar-refractivity contribution in [2.45, 2.75) is 25.4 Å². The standard InChI is InChI=1S/C10H23N3/c1-9-5-6-13(4)10(7-11-9)8-12(2)3/h9-11H,5-8H2,1-4H3. The summed E-state index contributed by atoms with van der Waals surface area (Å²) in [5.74, 6) is 0. The molecule has 2 atom stereocenters. The van der Waals surface area contributed by atoms with Crippen LogP contribution < -0.4 is 5.32 Å². The smallest absolute Gasteiger partial charge is 0.0344 e. The van der Waals surface area contributed by atoms with Gasteiger partial charge < -0.3 is 15.1 Å². The van der Waals surface area contributed by atoms with Gasteiger partial charge in [-0.1, -0.05) is 0 Å². The molecule has 1 N–H and O–H groups in total. The molecule has 0 spiro atoms. The summed E-state index contributed by atoms with van der Waals surface area (Å²) in [6.07, 6.45) is 1.26. The van der Waals surface area contributed by atoms with E-state index in [9.17, 15) is 0 Å². The zero-order valence-corrected chi connectivity index (χ0v) is 9.38. The second kappa shape index (κ2) is 4.94. The van der Waals surface area contributed by atoms with Gasteiger partial charge in [-0.3, -0.25) is 0 Å². The van der Waals surface area contributed by atoms with Gasteiger partial charge >= 0.3 is 0 Å². The molecule has 0 aromatic carbocycles. The molecule has 1 fully saturated rings. The second-order valence-electron chi connectivity index (χ2n) is 4.49. The van der Waals surface area contributed by atoms with Gasteiger partial charge in [0.15, 0.2) is 0 Å². The number of hydrogen-bond acceptors (Lipinski definition) is 3. The Labute approximate surface area is 82.1 Å². The summed E-state index contributed by atoms with van der Waals surface area (Å²) < 4.78 is 0. The molecule has 1 aliphatic rings. The lowest BCUT2D eigenvalue weighted by Crippen LogP contribution is -2.44. The zero-order chi connectivity index (χ0) is 9.84. The first-order valence-electron chi connectivity index (χ1n) is 5.18. The van der Waals surface area contributed by atoms with Crippen LogP contribution in [0.1, 0.15) is 13.3 Å². The molecule has 78 valence electrons. The molecule has 3 heteroatoms. The minimum absolute atomic E-state index is 0.667. The van der Waals surface area contributed by atoms with Gasteiger partial charge in [-0.05, 0) is 41.0 Å². The SMILES string of the molecule is CC1CCN(C)C(CN(C)C)CN1. The fraction of sp³-hybridized carbons (Fsp3) is 1.00. The average Bonchev–Trinajstić information content (AvgIpc) is 2.19. The number of hydrogen-bond donors (Lipinski definition) is 1. The lowest BCUT2D eigenvalue weighted by molar-refractivity contribution is 0.207. The lowest BCUT2D eigenvalue weighted by Gasteiger charge is -2.27. The summed E-state index contributed by atoms with van der Waals surface area (Å²) in [6, 6.07) is 1.34. The Kier molecular flexibility index (Phi) is 4.16. The van der Waals surface area contributed by atoms with E-state index in [1.807, 2.05) is 0 Å². The number of nitrogens with one attached hydrogen (secondary N) is 1. The van der Waals surface area contributed by atoms with E-state index in [2.05, 4.69) is 43.2 Å². The predicted octanol–water partition coefficient (Wildman–Crippen LogP) is 0.230. The highest BCUT2D eigenvalue weighted by Crippen LogP contribution is 2.05. The molecule has 2 unspecified atom stereocenters. The molecule has 1 rings (SSSR count). The van der Waals surface area contributed by atoms with Crippen molar-refractivity contribution in [3.05, 3.63) is 0 Å². The van der Waals surface area contributed by atoms with Crippen LogP contribution in [0.5, 0.6) is 0 Å². The van der Waals surface area contributed by atoms with Crippen molar-refractivity contribution in [3.63, 3.8) is 0 Å². The van der Waals surface area contributed by atoms with Crippen LogP contribution >= 0.6 is 0 Å². The highest BCUT2D eigenvalue weighted by atomic mass is 15.2. The summed E-state index contributed by atoms with van der Waals surface area (Å²) >= 11 is 0. The molecule has 0 aromatic heterocycles. The van der Waals surface area contributed by atoms with E-state index >= 15 is 0 Å². The van der Waals surface area contributed by atoms with Gasteiger partial charge in [-0.25, -0.2) is 0 Å². The molecule has 3 nitrogen and oxygen atoms in total. The minimum atomic E-state index is 0.667. The normalized spacial score (nSPS) is 32.1. The van der Waals surface area contributed by atoms with E-state index in [1.54, 1.807) is 0 Å². The fourth-order valence-corrected chi connectivity index (χ4v) is 1.80. The molecular weight excluding hydrogens is 162 g/mol. The highest BCUT2D eigenvalue weighted by Gasteiger charge is 2.20. The molecule has 0 aliphatic carbocycles.